The molecule has 0 fully saturated rings. The summed E-state index contributed by atoms with van der Waals surface area (Å²) < 4.78 is 10.6. The Morgan fingerprint density at radius 1 is 1.32 bits per heavy atom. The van der Waals surface area contributed by atoms with Crippen LogP contribution in [0.15, 0.2) is 36.5 Å². The second-order valence-electron chi connectivity index (χ2n) is 4.38. The first-order valence-electron chi connectivity index (χ1n) is 6.64. The molecule has 0 saturated carbocycles. The molecule has 1 aromatic heterocycles. The molecule has 0 radical (unpaired) electrons. The van der Waals surface area contributed by atoms with Crippen LogP contribution < -0.4 is 9.47 Å². The topological polar surface area (TPSA) is 72.2 Å². The minimum Gasteiger partial charge on any atom is -0.492 e. The Bertz CT molecular complexity index is 708. The summed E-state index contributed by atoms with van der Waals surface area (Å²) in [5, 5.41) is 8.87. The number of nitriles is 1. The van der Waals surface area contributed by atoms with E-state index in [-0.39, 0.29) is 10.7 Å². The van der Waals surface area contributed by atoms with Gasteiger partial charge in [0, 0.05) is 6.07 Å². The number of benzene rings is 1. The van der Waals surface area contributed by atoms with Gasteiger partial charge < -0.3 is 9.47 Å². The van der Waals surface area contributed by atoms with Crippen LogP contribution in [0, 0.1) is 11.3 Å². The molecule has 0 aliphatic rings. The summed E-state index contributed by atoms with van der Waals surface area (Å²) in [6.07, 6.45) is 2.29. The monoisotopic (exact) mass is 316 g/mol. The van der Waals surface area contributed by atoms with Gasteiger partial charge in [0.15, 0.2) is 5.69 Å². The van der Waals surface area contributed by atoms with Crippen molar-refractivity contribution in [3.8, 4) is 17.6 Å². The fraction of sp³-hybridized carbons (Fsp3) is 0.188. The highest BCUT2D eigenvalue weighted by atomic mass is 35.5. The van der Waals surface area contributed by atoms with Crippen LogP contribution in [0.3, 0.4) is 0 Å². The number of hydrogen-bond acceptors (Lipinski definition) is 5. The molecular weight excluding hydrogens is 304 g/mol. The van der Waals surface area contributed by atoms with Gasteiger partial charge in [-0.15, -0.1) is 0 Å². The molecule has 0 atom stereocenters. The summed E-state index contributed by atoms with van der Waals surface area (Å²) >= 11 is 6.03. The number of carbonyl (C=O) groups is 1. The lowest BCUT2D eigenvalue weighted by Gasteiger charge is -2.08. The molecule has 2 aromatic rings. The van der Waals surface area contributed by atoms with Crippen LogP contribution in [-0.2, 0) is 0 Å². The van der Waals surface area contributed by atoms with Crippen molar-refractivity contribution < 1.29 is 14.3 Å². The lowest BCUT2D eigenvalue weighted by molar-refractivity contribution is 0.0728. The van der Waals surface area contributed by atoms with E-state index in [1.165, 1.54) is 24.4 Å². The van der Waals surface area contributed by atoms with Crippen LogP contribution in [0.2, 0.25) is 5.02 Å². The number of esters is 1. The zero-order chi connectivity index (χ0) is 15.9. The van der Waals surface area contributed by atoms with Gasteiger partial charge in [-0.2, -0.15) is 5.26 Å². The van der Waals surface area contributed by atoms with Crippen molar-refractivity contribution in [2.45, 2.75) is 13.3 Å². The number of rotatable bonds is 5. The fourth-order valence-electron chi connectivity index (χ4n) is 1.62. The zero-order valence-corrected chi connectivity index (χ0v) is 12.6. The van der Waals surface area contributed by atoms with E-state index in [1.807, 2.05) is 13.0 Å². The maximum absolute atomic E-state index is 12.0. The Kier molecular flexibility index (Phi) is 5.34. The van der Waals surface area contributed by atoms with E-state index in [2.05, 4.69) is 4.98 Å². The summed E-state index contributed by atoms with van der Waals surface area (Å²) in [4.78, 5) is 16.0. The number of carbonyl (C=O) groups excluding carboxylic acids is 1. The molecule has 0 N–H and O–H groups in total. The van der Waals surface area contributed by atoms with Crippen molar-refractivity contribution in [2.75, 3.05) is 6.61 Å². The first-order valence-corrected chi connectivity index (χ1v) is 7.02. The van der Waals surface area contributed by atoms with E-state index in [1.54, 1.807) is 12.1 Å². The van der Waals surface area contributed by atoms with Gasteiger partial charge in [-0.25, -0.2) is 9.78 Å². The van der Waals surface area contributed by atoms with Crippen LogP contribution in [0.25, 0.3) is 0 Å². The summed E-state index contributed by atoms with van der Waals surface area (Å²) in [6.45, 7) is 2.53. The molecule has 0 unspecified atom stereocenters. The molecule has 1 aromatic carbocycles. The van der Waals surface area contributed by atoms with Gasteiger partial charge in [-0.3, -0.25) is 0 Å². The molecule has 5 nitrogen and oxygen atoms in total. The highest BCUT2D eigenvalue weighted by Crippen LogP contribution is 2.22. The van der Waals surface area contributed by atoms with Crippen LogP contribution in [0.1, 0.15) is 29.4 Å². The van der Waals surface area contributed by atoms with E-state index in [0.29, 0.717) is 23.7 Å². The standard InChI is InChI=1S/C16H13ClN2O3/c1-2-7-21-13-8-14(17)15(19-10-13)16(20)22-12-5-3-11(9-18)4-6-12/h3-6,8,10H,2,7H2,1H3. The largest absolute Gasteiger partial charge is 0.492 e. The Morgan fingerprint density at radius 2 is 2.05 bits per heavy atom. The van der Waals surface area contributed by atoms with E-state index in [4.69, 9.17) is 26.3 Å². The van der Waals surface area contributed by atoms with Gasteiger partial charge in [-0.05, 0) is 30.7 Å². The van der Waals surface area contributed by atoms with Crippen molar-refractivity contribution in [3.63, 3.8) is 0 Å². The Balaban J connectivity index is 2.10. The molecule has 2 rings (SSSR count). The maximum Gasteiger partial charge on any atom is 0.363 e. The quantitative estimate of drug-likeness (QED) is 0.622. The first kappa shape index (κ1) is 15.8. The molecule has 0 bridgehead atoms. The molecule has 112 valence electrons. The number of nitrogens with zero attached hydrogens (tertiary/aromatic N) is 2. The van der Waals surface area contributed by atoms with Crippen LogP contribution in [0.4, 0.5) is 0 Å². The number of pyridine rings is 1. The van der Waals surface area contributed by atoms with E-state index in [9.17, 15) is 4.79 Å². The van der Waals surface area contributed by atoms with Crippen molar-refractivity contribution >= 4 is 17.6 Å². The lowest BCUT2D eigenvalue weighted by Crippen LogP contribution is -2.11. The second-order valence-corrected chi connectivity index (χ2v) is 4.78. The van der Waals surface area contributed by atoms with Crippen molar-refractivity contribution in [2.24, 2.45) is 0 Å². The van der Waals surface area contributed by atoms with E-state index in [0.717, 1.165) is 6.42 Å². The Hall–Kier alpha value is -2.58. The molecule has 0 amide bonds. The van der Waals surface area contributed by atoms with Crippen molar-refractivity contribution in [3.05, 3.63) is 52.8 Å². The molecule has 1 heterocycles. The van der Waals surface area contributed by atoms with Gasteiger partial charge in [0.1, 0.15) is 11.5 Å². The predicted molar refractivity (Wildman–Crippen MR) is 81.1 cm³/mol. The highest BCUT2D eigenvalue weighted by molar-refractivity contribution is 6.33. The van der Waals surface area contributed by atoms with Crippen LogP contribution >= 0.6 is 11.6 Å². The lowest BCUT2D eigenvalue weighted by atomic mass is 10.2. The van der Waals surface area contributed by atoms with E-state index >= 15 is 0 Å². The minimum atomic E-state index is -0.670. The molecule has 0 spiro atoms. The molecule has 6 heteroatoms. The molecule has 0 aliphatic heterocycles. The average Bonchev–Trinajstić information content (AvgIpc) is 2.53. The summed E-state index contributed by atoms with van der Waals surface area (Å²) in [7, 11) is 0. The third kappa shape index (κ3) is 3.96. The fourth-order valence-corrected chi connectivity index (χ4v) is 1.86. The predicted octanol–water partition coefficient (Wildman–Crippen LogP) is 3.61. The first-order chi connectivity index (χ1) is 10.6. The maximum atomic E-state index is 12.0. The minimum absolute atomic E-state index is 0.00914. The van der Waals surface area contributed by atoms with Gasteiger partial charge in [-0.1, -0.05) is 18.5 Å². The van der Waals surface area contributed by atoms with Crippen molar-refractivity contribution in [1.29, 1.82) is 5.26 Å². The number of aromatic nitrogens is 1. The average molecular weight is 317 g/mol. The third-order valence-electron chi connectivity index (χ3n) is 2.68. The summed E-state index contributed by atoms with van der Waals surface area (Å²) in [5.41, 5.74) is 0.489. The van der Waals surface area contributed by atoms with Crippen LogP contribution in [0.5, 0.6) is 11.5 Å². The molecule has 0 aliphatic carbocycles. The molecular formula is C16H13ClN2O3. The smallest absolute Gasteiger partial charge is 0.363 e. The van der Waals surface area contributed by atoms with Gasteiger partial charge in [0.25, 0.3) is 0 Å². The van der Waals surface area contributed by atoms with E-state index < -0.39 is 5.97 Å². The zero-order valence-electron chi connectivity index (χ0n) is 11.9. The SMILES string of the molecule is CCCOc1cnc(C(=O)Oc2ccc(C#N)cc2)c(Cl)c1. The molecule has 0 saturated heterocycles. The summed E-state index contributed by atoms with van der Waals surface area (Å²) in [5.74, 6) is 0.145. The van der Waals surface area contributed by atoms with Gasteiger partial charge >= 0.3 is 5.97 Å². The number of hydrogen-bond donors (Lipinski definition) is 0. The number of ether oxygens (including phenoxy) is 2. The Morgan fingerprint density at radius 3 is 2.64 bits per heavy atom. The Labute approximate surface area is 133 Å². The van der Waals surface area contributed by atoms with Crippen molar-refractivity contribution in [1.82, 2.24) is 4.98 Å². The van der Waals surface area contributed by atoms with Gasteiger partial charge in [0.05, 0.1) is 29.5 Å². The highest BCUT2D eigenvalue weighted by Gasteiger charge is 2.15. The van der Waals surface area contributed by atoms with Crippen LogP contribution in [-0.4, -0.2) is 17.6 Å². The van der Waals surface area contributed by atoms with Gasteiger partial charge in [0.2, 0.25) is 0 Å². The molecule has 22 heavy (non-hydrogen) atoms. The second kappa shape index (κ2) is 7.43. The summed E-state index contributed by atoms with van der Waals surface area (Å²) in [6, 6.07) is 9.68. The number of halogens is 1. The third-order valence-corrected chi connectivity index (χ3v) is 2.96. The normalized spacial score (nSPS) is 9.86.